The first kappa shape index (κ1) is 9.67. The standard InChI is InChI=1S/C9H12N2O2/c1-8-3-2-4-9(11-8)7-13-6-5-10-12/h2-5,12H,6-7H2,1H3. The number of hydrogen-bond donors (Lipinski definition) is 1. The van der Waals surface area contributed by atoms with E-state index in [1.54, 1.807) is 0 Å². The predicted octanol–water partition coefficient (Wildman–Crippen LogP) is 1.37. The van der Waals surface area contributed by atoms with E-state index in [0.29, 0.717) is 13.2 Å². The van der Waals surface area contributed by atoms with Crippen molar-refractivity contribution in [2.75, 3.05) is 6.61 Å². The minimum Gasteiger partial charge on any atom is -0.411 e. The van der Waals surface area contributed by atoms with Crippen molar-refractivity contribution < 1.29 is 9.94 Å². The van der Waals surface area contributed by atoms with Gasteiger partial charge in [0.05, 0.1) is 25.1 Å². The Morgan fingerprint density at radius 2 is 2.46 bits per heavy atom. The van der Waals surface area contributed by atoms with Crippen LogP contribution in [0.3, 0.4) is 0 Å². The fourth-order valence-corrected chi connectivity index (χ4v) is 0.929. The van der Waals surface area contributed by atoms with Gasteiger partial charge in [-0.2, -0.15) is 0 Å². The molecule has 4 heteroatoms. The summed E-state index contributed by atoms with van der Waals surface area (Å²) in [5.74, 6) is 0. The van der Waals surface area contributed by atoms with Crippen LogP contribution in [-0.4, -0.2) is 23.0 Å². The summed E-state index contributed by atoms with van der Waals surface area (Å²) in [6, 6.07) is 5.75. The van der Waals surface area contributed by atoms with Crippen LogP contribution >= 0.6 is 0 Å². The Labute approximate surface area is 76.9 Å². The van der Waals surface area contributed by atoms with Gasteiger partial charge in [-0.15, -0.1) is 0 Å². The first-order valence-electron chi connectivity index (χ1n) is 3.99. The first-order valence-corrected chi connectivity index (χ1v) is 3.99. The normalized spacial score (nSPS) is 10.8. The van der Waals surface area contributed by atoms with Crippen molar-refractivity contribution in [3.63, 3.8) is 0 Å². The molecule has 0 unspecified atom stereocenters. The number of oxime groups is 1. The van der Waals surface area contributed by atoms with Gasteiger partial charge in [0.1, 0.15) is 0 Å². The van der Waals surface area contributed by atoms with E-state index in [0.717, 1.165) is 11.4 Å². The van der Waals surface area contributed by atoms with E-state index in [1.165, 1.54) is 6.21 Å². The number of pyridine rings is 1. The Hall–Kier alpha value is -1.42. The molecule has 0 saturated heterocycles. The third-order valence-electron chi connectivity index (χ3n) is 1.47. The number of aromatic nitrogens is 1. The van der Waals surface area contributed by atoms with E-state index in [-0.39, 0.29) is 0 Å². The zero-order valence-electron chi connectivity index (χ0n) is 7.47. The number of rotatable bonds is 4. The summed E-state index contributed by atoms with van der Waals surface area (Å²) in [7, 11) is 0. The van der Waals surface area contributed by atoms with Crippen molar-refractivity contribution in [1.82, 2.24) is 4.98 Å². The van der Waals surface area contributed by atoms with Gasteiger partial charge in [-0.05, 0) is 19.1 Å². The van der Waals surface area contributed by atoms with Gasteiger partial charge in [0.2, 0.25) is 0 Å². The lowest BCUT2D eigenvalue weighted by molar-refractivity contribution is 0.155. The molecular formula is C9H12N2O2. The maximum absolute atomic E-state index is 8.08. The Kier molecular flexibility index (Phi) is 3.92. The van der Waals surface area contributed by atoms with E-state index in [9.17, 15) is 0 Å². The van der Waals surface area contributed by atoms with E-state index >= 15 is 0 Å². The van der Waals surface area contributed by atoms with Gasteiger partial charge in [0.25, 0.3) is 0 Å². The molecule has 1 heterocycles. The van der Waals surface area contributed by atoms with Gasteiger partial charge < -0.3 is 9.94 Å². The molecule has 0 aliphatic rings. The van der Waals surface area contributed by atoms with Crippen molar-refractivity contribution in [2.45, 2.75) is 13.5 Å². The van der Waals surface area contributed by atoms with Crippen LogP contribution in [0.1, 0.15) is 11.4 Å². The van der Waals surface area contributed by atoms with Gasteiger partial charge in [0.15, 0.2) is 0 Å². The van der Waals surface area contributed by atoms with E-state index < -0.39 is 0 Å². The second kappa shape index (κ2) is 5.27. The molecule has 13 heavy (non-hydrogen) atoms. The highest BCUT2D eigenvalue weighted by Gasteiger charge is 1.93. The topological polar surface area (TPSA) is 54.7 Å². The summed E-state index contributed by atoms with van der Waals surface area (Å²) in [6.07, 6.45) is 1.29. The van der Waals surface area contributed by atoms with E-state index in [4.69, 9.17) is 9.94 Å². The lowest BCUT2D eigenvalue weighted by Crippen LogP contribution is -1.99. The number of aryl methyl sites for hydroxylation is 1. The molecular weight excluding hydrogens is 168 g/mol. The molecule has 70 valence electrons. The van der Waals surface area contributed by atoms with E-state index in [2.05, 4.69) is 10.1 Å². The quantitative estimate of drug-likeness (QED) is 0.329. The molecule has 0 radical (unpaired) electrons. The molecule has 0 saturated carbocycles. The van der Waals surface area contributed by atoms with Gasteiger partial charge >= 0.3 is 0 Å². The Balaban J connectivity index is 2.36. The minimum absolute atomic E-state index is 0.298. The number of hydrogen-bond acceptors (Lipinski definition) is 4. The summed E-state index contributed by atoms with van der Waals surface area (Å²) in [4.78, 5) is 4.24. The Bertz CT molecular complexity index is 287. The lowest BCUT2D eigenvalue weighted by Gasteiger charge is -2.00. The third-order valence-corrected chi connectivity index (χ3v) is 1.47. The zero-order valence-corrected chi connectivity index (χ0v) is 7.47. The average Bonchev–Trinajstić information content (AvgIpc) is 2.13. The van der Waals surface area contributed by atoms with Crippen LogP contribution in [0.2, 0.25) is 0 Å². The number of ether oxygens (including phenoxy) is 1. The second-order valence-electron chi connectivity index (χ2n) is 2.58. The summed E-state index contributed by atoms with van der Waals surface area (Å²) in [5, 5.41) is 10.9. The molecule has 0 aromatic carbocycles. The second-order valence-corrected chi connectivity index (χ2v) is 2.58. The summed E-state index contributed by atoms with van der Waals surface area (Å²) in [5.41, 5.74) is 1.85. The highest BCUT2D eigenvalue weighted by Crippen LogP contribution is 1.99. The van der Waals surface area contributed by atoms with Gasteiger partial charge in [0, 0.05) is 5.69 Å². The van der Waals surface area contributed by atoms with Crippen LogP contribution in [0.4, 0.5) is 0 Å². The van der Waals surface area contributed by atoms with Gasteiger partial charge in [-0.1, -0.05) is 11.2 Å². The van der Waals surface area contributed by atoms with Gasteiger partial charge in [-0.3, -0.25) is 4.98 Å². The van der Waals surface area contributed by atoms with E-state index in [1.807, 2.05) is 25.1 Å². The summed E-state index contributed by atoms with van der Waals surface area (Å²) in [6.45, 7) is 2.67. The van der Waals surface area contributed by atoms with Crippen LogP contribution < -0.4 is 0 Å². The lowest BCUT2D eigenvalue weighted by atomic mass is 10.3. The fourth-order valence-electron chi connectivity index (χ4n) is 0.929. The molecule has 0 aliphatic heterocycles. The Morgan fingerprint density at radius 1 is 1.62 bits per heavy atom. The first-order chi connectivity index (χ1) is 6.33. The SMILES string of the molecule is Cc1cccc(COCC=NO)n1. The van der Waals surface area contributed by atoms with Crippen molar-refractivity contribution in [2.24, 2.45) is 5.16 Å². The predicted molar refractivity (Wildman–Crippen MR) is 48.9 cm³/mol. The molecule has 1 aromatic heterocycles. The fraction of sp³-hybridized carbons (Fsp3) is 0.333. The largest absolute Gasteiger partial charge is 0.411 e. The summed E-state index contributed by atoms with van der Waals surface area (Å²) >= 11 is 0. The minimum atomic E-state index is 0.298. The molecule has 0 amide bonds. The van der Waals surface area contributed by atoms with Crippen LogP contribution in [-0.2, 0) is 11.3 Å². The molecule has 0 fully saturated rings. The Morgan fingerprint density at radius 3 is 3.15 bits per heavy atom. The maximum atomic E-state index is 8.08. The highest BCUT2D eigenvalue weighted by molar-refractivity contribution is 5.57. The zero-order chi connectivity index (χ0) is 9.52. The number of nitrogens with zero attached hydrogens (tertiary/aromatic N) is 2. The molecule has 1 rings (SSSR count). The van der Waals surface area contributed by atoms with Crippen LogP contribution in [0.25, 0.3) is 0 Å². The molecule has 0 atom stereocenters. The monoisotopic (exact) mass is 180 g/mol. The van der Waals surface area contributed by atoms with Crippen LogP contribution in [0.15, 0.2) is 23.4 Å². The molecule has 0 aliphatic carbocycles. The average molecular weight is 180 g/mol. The van der Waals surface area contributed by atoms with Crippen molar-refractivity contribution in [3.05, 3.63) is 29.6 Å². The van der Waals surface area contributed by atoms with Gasteiger partial charge in [-0.25, -0.2) is 0 Å². The smallest absolute Gasteiger partial charge is 0.0893 e. The molecule has 1 N–H and O–H groups in total. The molecule has 1 aromatic rings. The van der Waals surface area contributed by atoms with Crippen LogP contribution in [0.5, 0.6) is 0 Å². The third kappa shape index (κ3) is 3.66. The maximum Gasteiger partial charge on any atom is 0.0893 e. The molecule has 4 nitrogen and oxygen atoms in total. The molecule has 0 spiro atoms. The summed E-state index contributed by atoms with van der Waals surface area (Å²) < 4.78 is 5.14. The van der Waals surface area contributed by atoms with Crippen LogP contribution in [0, 0.1) is 6.92 Å². The van der Waals surface area contributed by atoms with Crippen molar-refractivity contribution >= 4 is 6.21 Å². The van der Waals surface area contributed by atoms with Crippen molar-refractivity contribution in [1.29, 1.82) is 0 Å². The molecule has 0 bridgehead atoms. The van der Waals surface area contributed by atoms with Crippen molar-refractivity contribution in [3.8, 4) is 0 Å². The highest BCUT2D eigenvalue weighted by atomic mass is 16.5.